The van der Waals surface area contributed by atoms with Gasteiger partial charge in [-0.05, 0) is 37.5 Å². The summed E-state index contributed by atoms with van der Waals surface area (Å²) in [4.78, 5) is 24.4. The first-order chi connectivity index (χ1) is 13.3. The highest BCUT2D eigenvalue weighted by atomic mass is 16.5. The summed E-state index contributed by atoms with van der Waals surface area (Å²) >= 11 is 0. The summed E-state index contributed by atoms with van der Waals surface area (Å²) in [6.45, 7) is 7.75. The molecule has 0 aliphatic heterocycles. The second-order valence-corrected chi connectivity index (χ2v) is 6.89. The largest absolute Gasteiger partial charge is 0.468 e. The number of methoxy groups -OCH3 is 1. The van der Waals surface area contributed by atoms with Crippen molar-refractivity contribution in [3.63, 3.8) is 0 Å². The smallest absolute Gasteiger partial charge is 0.323 e. The zero-order valence-electron chi connectivity index (χ0n) is 16.8. The lowest BCUT2D eigenvalue weighted by atomic mass is 10.0. The van der Waals surface area contributed by atoms with Gasteiger partial charge in [-0.1, -0.05) is 13.8 Å². The van der Waals surface area contributed by atoms with Gasteiger partial charge in [0.25, 0.3) is 0 Å². The highest BCUT2D eigenvalue weighted by Gasteiger charge is 2.24. The number of rotatable bonds is 8. The third-order valence-electron chi connectivity index (χ3n) is 4.70. The van der Waals surface area contributed by atoms with Crippen molar-refractivity contribution in [2.45, 2.75) is 40.3 Å². The second kappa shape index (κ2) is 9.24. The average molecular weight is 386 g/mol. The molecule has 150 valence electrons. The summed E-state index contributed by atoms with van der Waals surface area (Å²) < 4.78 is 12.0. The van der Waals surface area contributed by atoms with Crippen LogP contribution in [0.15, 0.2) is 22.8 Å². The van der Waals surface area contributed by atoms with Gasteiger partial charge in [-0.15, -0.1) is 0 Å². The van der Waals surface area contributed by atoms with Crippen LogP contribution in [0.1, 0.15) is 36.4 Å². The number of hydrogen-bond donors (Lipinski definition) is 2. The van der Waals surface area contributed by atoms with Crippen LogP contribution in [0.4, 0.5) is 5.82 Å². The number of furan rings is 1. The van der Waals surface area contributed by atoms with Crippen LogP contribution in [-0.4, -0.2) is 36.1 Å². The molecule has 1 atom stereocenters. The van der Waals surface area contributed by atoms with Gasteiger partial charge >= 0.3 is 5.97 Å². The molecule has 0 aliphatic rings. The summed E-state index contributed by atoms with van der Waals surface area (Å²) in [5.41, 5.74) is 2.07. The number of nitrogens with one attached hydrogen (secondary N) is 2. The Bertz CT molecular complexity index is 875. The van der Waals surface area contributed by atoms with Crippen molar-refractivity contribution in [3.05, 3.63) is 41.0 Å². The van der Waals surface area contributed by atoms with Crippen LogP contribution in [-0.2, 0) is 20.9 Å². The number of nitrogens with zero attached hydrogens (tertiary/aromatic N) is 2. The predicted molar refractivity (Wildman–Crippen MR) is 104 cm³/mol. The molecular formula is C20H26N4O4. The van der Waals surface area contributed by atoms with E-state index in [9.17, 15) is 14.9 Å². The van der Waals surface area contributed by atoms with E-state index in [1.165, 1.54) is 7.11 Å². The van der Waals surface area contributed by atoms with Crippen LogP contribution in [0.5, 0.6) is 0 Å². The van der Waals surface area contributed by atoms with Crippen molar-refractivity contribution >= 4 is 17.7 Å². The van der Waals surface area contributed by atoms with E-state index in [1.807, 2.05) is 38.3 Å². The van der Waals surface area contributed by atoms with E-state index in [-0.39, 0.29) is 18.4 Å². The fourth-order valence-corrected chi connectivity index (χ4v) is 2.98. The van der Waals surface area contributed by atoms with Gasteiger partial charge in [0.1, 0.15) is 23.7 Å². The molecule has 8 nitrogen and oxygen atoms in total. The third-order valence-corrected chi connectivity index (χ3v) is 4.70. The Hall–Kier alpha value is -3.05. The SMILES string of the molecule is COC(=O)[C@@H](NCC(=O)Nc1c(C#N)c(C)c(C)n1Cc1ccco1)C(C)C. The van der Waals surface area contributed by atoms with Gasteiger partial charge in [-0.2, -0.15) is 5.26 Å². The number of hydrogen-bond acceptors (Lipinski definition) is 6. The Balaban J connectivity index is 2.20. The first kappa shape index (κ1) is 21.3. The average Bonchev–Trinajstić information content (AvgIpc) is 3.24. The Morgan fingerprint density at radius 3 is 2.61 bits per heavy atom. The molecule has 2 N–H and O–H groups in total. The van der Waals surface area contributed by atoms with E-state index in [0.29, 0.717) is 23.7 Å². The van der Waals surface area contributed by atoms with Crippen molar-refractivity contribution in [1.82, 2.24) is 9.88 Å². The zero-order chi connectivity index (χ0) is 20.8. The maximum Gasteiger partial charge on any atom is 0.323 e. The van der Waals surface area contributed by atoms with E-state index >= 15 is 0 Å². The molecular weight excluding hydrogens is 360 g/mol. The lowest BCUT2D eigenvalue weighted by molar-refractivity contribution is -0.144. The third kappa shape index (κ3) is 4.61. The minimum Gasteiger partial charge on any atom is -0.468 e. The summed E-state index contributed by atoms with van der Waals surface area (Å²) in [6, 6.07) is 5.18. The number of anilines is 1. The molecule has 2 aromatic heterocycles. The van der Waals surface area contributed by atoms with E-state index < -0.39 is 12.0 Å². The van der Waals surface area contributed by atoms with Crippen molar-refractivity contribution in [1.29, 1.82) is 5.26 Å². The first-order valence-corrected chi connectivity index (χ1v) is 9.03. The fraction of sp³-hybridized carbons (Fsp3) is 0.450. The minimum absolute atomic E-state index is 0.0396. The van der Waals surface area contributed by atoms with Crippen LogP contribution in [0.2, 0.25) is 0 Å². The number of carbonyl (C=O) groups excluding carboxylic acids is 2. The monoisotopic (exact) mass is 386 g/mol. The van der Waals surface area contributed by atoms with Crippen molar-refractivity contribution in [2.75, 3.05) is 19.0 Å². The topological polar surface area (TPSA) is 109 Å². The summed E-state index contributed by atoms with van der Waals surface area (Å²) in [6.07, 6.45) is 1.58. The molecule has 0 fully saturated rings. The van der Waals surface area contributed by atoms with E-state index in [0.717, 1.165) is 11.3 Å². The number of ether oxygens (including phenoxy) is 1. The standard InChI is InChI=1S/C20H26N4O4/c1-12(2)18(20(26)27-5)22-10-17(25)23-19-16(9-21)13(3)14(4)24(19)11-15-7-6-8-28-15/h6-8,12,18,22H,10-11H2,1-5H3,(H,23,25)/t18-/m0/s1. The molecule has 0 aromatic carbocycles. The highest BCUT2D eigenvalue weighted by Crippen LogP contribution is 2.27. The quantitative estimate of drug-likeness (QED) is 0.674. The highest BCUT2D eigenvalue weighted by molar-refractivity contribution is 5.93. The number of amides is 1. The van der Waals surface area contributed by atoms with Gasteiger partial charge < -0.3 is 19.0 Å². The predicted octanol–water partition coefficient (Wildman–Crippen LogP) is 2.34. The number of aromatic nitrogens is 1. The Kier molecular flexibility index (Phi) is 7.01. The second-order valence-electron chi connectivity index (χ2n) is 6.89. The minimum atomic E-state index is -0.593. The summed E-state index contributed by atoms with van der Waals surface area (Å²) in [7, 11) is 1.31. The Labute approximate surface area is 164 Å². The summed E-state index contributed by atoms with van der Waals surface area (Å²) in [5, 5.41) is 15.3. The van der Waals surface area contributed by atoms with Gasteiger partial charge in [-0.25, -0.2) is 0 Å². The van der Waals surface area contributed by atoms with Crippen LogP contribution < -0.4 is 10.6 Å². The van der Waals surface area contributed by atoms with Crippen LogP contribution in [0.25, 0.3) is 0 Å². The van der Waals surface area contributed by atoms with Crippen LogP contribution >= 0.6 is 0 Å². The molecule has 0 radical (unpaired) electrons. The van der Waals surface area contributed by atoms with E-state index in [1.54, 1.807) is 12.3 Å². The lowest BCUT2D eigenvalue weighted by Gasteiger charge is -2.19. The molecule has 2 heterocycles. The molecule has 1 amide bonds. The molecule has 8 heteroatoms. The van der Waals surface area contributed by atoms with Crippen LogP contribution in [0, 0.1) is 31.1 Å². The number of nitriles is 1. The van der Waals surface area contributed by atoms with Gasteiger partial charge in [-0.3, -0.25) is 14.9 Å². The van der Waals surface area contributed by atoms with Crippen LogP contribution in [0.3, 0.4) is 0 Å². The molecule has 0 spiro atoms. The maximum absolute atomic E-state index is 12.5. The van der Waals surface area contributed by atoms with Gasteiger partial charge in [0, 0.05) is 5.69 Å². The first-order valence-electron chi connectivity index (χ1n) is 9.03. The van der Waals surface area contributed by atoms with Gasteiger partial charge in [0.2, 0.25) is 5.91 Å². The zero-order valence-corrected chi connectivity index (χ0v) is 16.8. The van der Waals surface area contributed by atoms with Crippen molar-refractivity contribution < 1.29 is 18.7 Å². The molecule has 2 rings (SSSR count). The number of carbonyl (C=O) groups is 2. The van der Waals surface area contributed by atoms with E-state index in [4.69, 9.17) is 9.15 Å². The molecule has 0 saturated carbocycles. The molecule has 0 saturated heterocycles. The van der Waals surface area contributed by atoms with Crippen molar-refractivity contribution in [2.24, 2.45) is 5.92 Å². The molecule has 0 unspecified atom stereocenters. The normalized spacial score (nSPS) is 11.9. The Morgan fingerprint density at radius 1 is 1.36 bits per heavy atom. The molecule has 28 heavy (non-hydrogen) atoms. The fourth-order valence-electron chi connectivity index (χ4n) is 2.98. The lowest BCUT2D eigenvalue weighted by Crippen LogP contribution is -2.45. The van der Waals surface area contributed by atoms with Gasteiger partial charge in [0.05, 0.1) is 32.0 Å². The summed E-state index contributed by atoms with van der Waals surface area (Å²) in [5.74, 6) is 0.307. The molecule has 2 aromatic rings. The Morgan fingerprint density at radius 2 is 2.07 bits per heavy atom. The molecule has 0 aliphatic carbocycles. The maximum atomic E-state index is 12.5. The molecule has 0 bridgehead atoms. The van der Waals surface area contributed by atoms with Gasteiger partial charge in [0.15, 0.2) is 0 Å². The van der Waals surface area contributed by atoms with Crippen molar-refractivity contribution in [3.8, 4) is 6.07 Å². The van der Waals surface area contributed by atoms with E-state index in [2.05, 4.69) is 16.7 Å². The number of esters is 1.